The van der Waals surface area contributed by atoms with E-state index in [9.17, 15) is 0 Å². The molecule has 12 aromatic rings. The van der Waals surface area contributed by atoms with Crippen molar-refractivity contribution in [1.29, 1.82) is 0 Å². The van der Waals surface area contributed by atoms with Gasteiger partial charge in [0, 0.05) is 43.8 Å². The second-order valence-electron chi connectivity index (χ2n) is 16.2. The molecule has 0 bridgehead atoms. The van der Waals surface area contributed by atoms with E-state index in [0.717, 1.165) is 94.6 Å². The van der Waals surface area contributed by atoms with E-state index < -0.39 is 0 Å². The van der Waals surface area contributed by atoms with Crippen molar-refractivity contribution in [2.24, 2.45) is 0 Å². The minimum absolute atomic E-state index is 0.678. The summed E-state index contributed by atoms with van der Waals surface area (Å²) in [6, 6.07) is 77.2. The van der Waals surface area contributed by atoms with Crippen LogP contribution in [-0.4, -0.2) is 14.5 Å². The fourth-order valence-electron chi connectivity index (χ4n) is 9.38. The van der Waals surface area contributed by atoms with E-state index in [-0.39, 0.29) is 0 Å². The Labute approximate surface area is 365 Å². The van der Waals surface area contributed by atoms with Crippen molar-refractivity contribution >= 4 is 43.7 Å². The number of aromatic nitrogens is 3. The molecule has 0 amide bonds. The molecule has 4 nitrogen and oxygen atoms in total. The zero-order valence-electron chi connectivity index (χ0n) is 34.5. The molecule has 4 heteroatoms. The van der Waals surface area contributed by atoms with Crippen LogP contribution >= 0.6 is 0 Å². The second-order valence-corrected chi connectivity index (χ2v) is 16.2. The normalized spacial score (nSPS) is 11.6. The molecule has 0 aliphatic rings. The highest BCUT2D eigenvalue weighted by atomic mass is 16.3. The highest BCUT2D eigenvalue weighted by molar-refractivity contribution is 6.17. The summed E-state index contributed by atoms with van der Waals surface area (Å²) in [4.78, 5) is 10.6. The van der Waals surface area contributed by atoms with Gasteiger partial charge in [0.1, 0.15) is 5.58 Å². The van der Waals surface area contributed by atoms with Crippen molar-refractivity contribution in [1.82, 2.24) is 14.5 Å². The summed E-state index contributed by atoms with van der Waals surface area (Å²) in [6.45, 7) is 2.12. The molecule has 0 N–H and O–H groups in total. The van der Waals surface area contributed by atoms with Crippen LogP contribution in [0.25, 0.3) is 117 Å². The number of hydrogen-bond acceptors (Lipinski definition) is 3. The standard InChI is InChI=1S/C59H39N3O/c1-38-56(41-22-10-4-11-23-41)60-59(61-57(38)42-24-12-5-13-25-42)45-27-16-26-44(34-45)49-36-46(40-20-8-3-9-21-40)37-54-55(49)48-29-17-31-53(58(48)63-54)62-51-30-15-14-28-47(51)50-35-43(32-33-52(50)62)39-18-6-2-7-19-39/h2-37H,1H3. The molecule has 0 unspecified atom stereocenters. The Morgan fingerprint density at radius 1 is 0.381 bits per heavy atom. The van der Waals surface area contributed by atoms with Crippen LogP contribution in [0.5, 0.6) is 0 Å². The van der Waals surface area contributed by atoms with Crippen LogP contribution in [0.15, 0.2) is 223 Å². The van der Waals surface area contributed by atoms with Gasteiger partial charge < -0.3 is 8.98 Å². The highest BCUT2D eigenvalue weighted by Gasteiger charge is 2.22. The van der Waals surface area contributed by atoms with Crippen LogP contribution in [0.4, 0.5) is 0 Å². The smallest absolute Gasteiger partial charge is 0.160 e. The van der Waals surface area contributed by atoms with Gasteiger partial charge in [-0.05, 0) is 82.8 Å². The van der Waals surface area contributed by atoms with Gasteiger partial charge in [-0.1, -0.05) is 176 Å². The van der Waals surface area contributed by atoms with Crippen LogP contribution in [-0.2, 0) is 0 Å². The first-order valence-corrected chi connectivity index (χ1v) is 21.4. The number of nitrogens with zero attached hydrogens (tertiary/aromatic N) is 3. The van der Waals surface area contributed by atoms with Crippen molar-refractivity contribution in [2.45, 2.75) is 6.92 Å². The van der Waals surface area contributed by atoms with Gasteiger partial charge in [0.05, 0.1) is 28.1 Å². The quantitative estimate of drug-likeness (QED) is 0.161. The third kappa shape index (κ3) is 6.23. The van der Waals surface area contributed by atoms with E-state index in [1.165, 1.54) is 21.9 Å². The monoisotopic (exact) mass is 805 g/mol. The maximum absolute atomic E-state index is 7.13. The first-order valence-electron chi connectivity index (χ1n) is 21.4. The molecule has 12 rings (SSSR count). The molecular formula is C59H39N3O. The van der Waals surface area contributed by atoms with Crippen molar-refractivity contribution in [2.75, 3.05) is 0 Å². The second kappa shape index (κ2) is 15.0. The zero-order valence-corrected chi connectivity index (χ0v) is 34.5. The van der Waals surface area contributed by atoms with Crippen molar-refractivity contribution in [3.63, 3.8) is 0 Å². The molecule has 296 valence electrons. The van der Waals surface area contributed by atoms with E-state index in [2.05, 4.69) is 218 Å². The summed E-state index contributed by atoms with van der Waals surface area (Å²) >= 11 is 0. The maximum atomic E-state index is 7.13. The number of hydrogen-bond donors (Lipinski definition) is 0. The highest BCUT2D eigenvalue weighted by Crippen LogP contribution is 2.44. The SMILES string of the molecule is Cc1c(-c2ccccc2)nc(-c2cccc(-c3cc(-c4ccccc4)cc4oc5c(-n6c7ccccc7c7cc(-c8ccccc8)ccc76)cccc5c34)c2)nc1-c1ccccc1. The fraction of sp³-hybridized carbons (Fsp3) is 0.0169. The lowest BCUT2D eigenvalue weighted by Gasteiger charge is -2.14. The lowest BCUT2D eigenvalue weighted by Crippen LogP contribution is -2.00. The zero-order chi connectivity index (χ0) is 41.9. The molecule has 9 aromatic carbocycles. The molecule has 0 aliphatic carbocycles. The summed E-state index contributed by atoms with van der Waals surface area (Å²) < 4.78 is 9.50. The van der Waals surface area contributed by atoms with Crippen LogP contribution in [0.1, 0.15) is 5.56 Å². The molecule has 0 saturated heterocycles. The number of rotatable bonds is 7. The van der Waals surface area contributed by atoms with Gasteiger partial charge in [-0.25, -0.2) is 9.97 Å². The third-order valence-electron chi connectivity index (χ3n) is 12.4. The van der Waals surface area contributed by atoms with Crippen molar-refractivity contribution < 1.29 is 4.42 Å². The van der Waals surface area contributed by atoms with Crippen molar-refractivity contribution in [3.8, 4) is 73.0 Å². The predicted octanol–water partition coefficient (Wildman–Crippen LogP) is 15.8. The number of fused-ring (bicyclic) bond motifs is 6. The summed E-state index contributed by atoms with van der Waals surface area (Å²) in [5.41, 5.74) is 17.6. The summed E-state index contributed by atoms with van der Waals surface area (Å²) in [5.74, 6) is 0.678. The van der Waals surface area contributed by atoms with Crippen LogP contribution in [0, 0.1) is 6.92 Å². The predicted molar refractivity (Wildman–Crippen MR) is 261 cm³/mol. The molecule has 3 heterocycles. The van der Waals surface area contributed by atoms with Gasteiger partial charge in [-0.15, -0.1) is 0 Å². The summed E-state index contributed by atoms with van der Waals surface area (Å²) in [5, 5.41) is 4.52. The van der Waals surface area contributed by atoms with Crippen LogP contribution < -0.4 is 0 Å². The Hall–Kier alpha value is -8.34. The molecule has 0 aliphatic heterocycles. The molecule has 0 radical (unpaired) electrons. The Balaban J connectivity index is 1.08. The number of para-hydroxylation sites is 2. The Kier molecular flexibility index (Phi) is 8.68. The summed E-state index contributed by atoms with van der Waals surface area (Å²) in [6.07, 6.45) is 0. The molecule has 0 fully saturated rings. The molecule has 0 saturated carbocycles. The van der Waals surface area contributed by atoms with Gasteiger partial charge >= 0.3 is 0 Å². The average molecular weight is 806 g/mol. The van der Waals surface area contributed by atoms with E-state index in [1.54, 1.807) is 0 Å². The van der Waals surface area contributed by atoms with Crippen molar-refractivity contribution in [3.05, 3.63) is 224 Å². The summed E-state index contributed by atoms with van der Waals surface area (Å²) in [7, 11) is 0. The van der Waals surface area contributed by atoms with Gasteiger partial charge in [0.15, 0.2) is 11.4 Å². The molecule has 0 atom stereocenters. The molecular weight excluding hydrogens is 767 g/mol. The molecule has 3 aromatic heterocycles. The maximum Gasteiger partial charge on any atom is 0.160 e. The number of furan rings is 1. The first-order chi connectivity index (χ1) is 31.2. The largest absolute Gasteiger partial charge is 0.454 e. The Morgan fingerprint density at radius 2 is 0.921 bits per heavy atom. The van der Waals surface area contributed by atoms with E-state index in [0.29, 0.717) is 5.82 Å². The van der Waals surface area contributed by atoms with Crippen LogP contribution in [0.2, 0.25) is 0 Å². The van der Waals surface area contributed by atoms with E-state index >= 15 is 0 Å². The minimum Gasteiger partial charge on any atom is -0.454 e. The van der Waals surface area contributed by atoms with E-state index in [4.69, 9.17) is 14.4 Å². The topological polar surface area (TPSA) is 43.9 Å². The minimum atomic E-state index is 0.678. The fourth-order valence-corrected chi connectivity index (χ4v) is 9.38. The lowest BCUT2D eigenvalue weighted by atomic mass is 9.93. The Bertz CT molecular complexity index is 3600. The Morgan fingerprint density at radius 3 is 1.60 bits per heavy atom. The van der Waals surface area contributed by atoms with Crippen LogP contribution in [0.3, 0.4) is 0 Å². The van der Waals surface area contributed by atoms with E-state index in [1.807, 2.05) is 12.1 Å². The third-order valence-corrected chi connectivity index (χ3v) is 12.4. The average Bonchev–Trinajstić information content (AvgIpc) is 3.90. The lowest BCUT2D eigenvalue weighted by molar-refractivity contribution is 0.666. The molecule has 0 spiro atoms. The van der Waals surface area contributed by atoms with Gasteiger partial charge in [-0.2, -0.15) is 0 Å². The number of benzene rings is 9. The first kappa shape index (κ1) is 36.5. The van der Waals surface area contributed by atoms with Gasteiger partial charge in [-0.3, -0.25) is 0 Å². The van der Waals surface area contributed by atoms with Gasteiger partial charge in [0.25, 0.3) is 0 Å². The van der Waals surface area contributed by atoms with Gasteiger partial charge in [0.2, 0.25) is 0 Å². The molecule has 63 heavy (non-hydrogen) atoms.